The van der Waals surface area contributed by atoms with Crippen LogP contribution in [0.2, 0.25) is 0 Å². The number of esters is 5. The Labute approximate surface area is 735 Å². The molecular weight excluding hydrogens is 1570 g/mol. The molecule has 0 amide bonds. The Morgan fingerprint density at radius 2 is 0.951 bits per heavy atom. The molecule has 9 fully saturated rings. The molecule has 9 aliphatic rings. The number of para-hydroxylation sites is 3. The summed E-state index contributed by atoms with van der Waals surface area (Å²) >= 11 is 0. The lowest BCUT2D eigenvalue weighted by Gasteiger charge is -2.60. The molecule has 8 bridgehead atoms. The molecule has 123 heavy (non-hydrogen) atoms. The zero-order valence-electron chi connectivity index (χ0n) is 71.4. The molecule has 8 unspecified atom stereocenters. The minimum Gasteiger partial charge on any atom is -0.507 e. The topological polar surface area (TPSA) is 305 Å². The Morgan fingerprint density at radius 1 is 0.480 bits per heavy atom. The van der Waals surface area contributed by atoms with E-state index in [1.54, 1.807) is 48.7 Å². The van der Waals surface area contributed by atoms with Crippen molar-refractivity contribution in [2.75, 3.05) is 62.5 Å². The van der Waals surface area contributed by atoms with Crippen molar-refractivity contribution in [2.45, 2.75) is 304 Å². The van der Waals surface area contributed by atoms with Crippen LogP contribution in [0.25, 0.3) is 0 Å². The van der Waals surface area contributed by atoms with Crippen molar-refractivity contribution in [2.24, 2.45) is 51.2 Å². The van der Waals surface area contributed by atoms with E-state index in [4.69, 9.17) is 71.1 Å². The third-order valence-corrected chi connectivity index (χ3v) is 25.4. The summed E-state index contributed by atoms with van der Waals surface area (Å²) in [5.74, 6) is 2.63. The lowest BCUT2D eigenvalue weighted by atomic mass is 9.48. The number of aliphatic hydroxyl groups is 2. The summed E-state index contributed by atoms with van der Waals surface area (Å²) in [6.45, 7) is 16.5. The van der Waals surface area contributed by atoms with Crippen LogP contribution in [0.5, 0.6) is 40.2 Å². The van der Waals surface area contributed by atoms with Gasteiger partial charge in [-0.15, -0.1) is 0 Å². The molecule has 8 atom stereocenters. The first-order valence-electron chi connectivity index (χ1n) is 41.9. The van der Waals surface area contributed by atoms with Gasteiger partial charge in [0.2, 0.25) is 0 Å². The van der Waals surface area contributed by atoms with Gasteiger partial charge in [0.1, 0.15) is 58.8 Å². The van der Waals surface area contributed by atoms with Crippen LogP contribution >= 0.6 is 0 Å². The predicted molar refractivity (Wildman–Crippen MR) is 475 cm³/mol. The van der Waals surface area contributed by atoms with Crippen LogP contribution in [0.15, 0.2) is 84.9 Å². The molecule has 5 aromatic carbocycles. The van der Waals surface area contributed by atoms with Crippen LogP contribution in [0.4, 0.5) is 0 Å². The number of carbonyl (C=O) groups excluding carboxylic acids is 5. The van der Waals surface area contributed by atoms with E-state index in [-0.39, 0.29) is 154 Å². The fourth-order valence-corrected chi connectivity index (χ4v) is 19.2. The van der Waals surface area contributed by atoms with Crippen LogP contribution in [-0.4, -0.2) is 136 Å². The van der Waals surface area contributed by atoms with Gasteiger partial charge in [-0.05, 0) is 190 Å². The summed E-state index contributed by atoms with van der Waals surface area (Å²) in [5.41, 5.74) is 1.96. The quantitative estimate of drug-likeness (QED) is 0.0123. The first kappa shape index (κ1) is 107. The molecule has 0 spiro atoms. The van der Waals surface area contributed by atoms with Crippen molar-refractivity contribution in [3.63, 3.8) is 0 Å². The van der Waals surface area contributed by atoms with E-state index in [2.05, 4.69) is 0 Å². The number of aliphatic hydroxyl groups excluding tert-OH is 2. The van der Waals surface area contributed by atoms with E-state index in [9.17, 15) is 44.4 Å². The molecule has 9 saturated carbocycles. The highest BCUT2D eigenvalue weighted by Gasteiger charge is 2.65. The van der Waals surface area contributed by atoms with Gasteiger partial charge >= 0.3 is 29.8 Å². The Kier molecular flexibility index (Phi) is 41.9. The summed E-state index contributed by atoms with van der Waals surface area (Å²) in [6, 6.07) is 26.1. The Balaban J connectivity index is 0.000000381. The van der Waals surface area contributed by atoms with Gasteiger partial charge in [-0.25, -0.2) is 0 Å². The first-order chi connectivity index (χ1) is 56.1. The normalized spacial score (nSPS) is 23.3. The number of rotatable bonds is 38. The molecule has 4 N–H and O–H groups in total. The average molecular weight is 1730 g/mol. The van der Waals surface area contributed by atoms with E-state index >= 15 is 0 Å². The maximum absolute atomic E-state index is 14.1. The van der Waals surface area contributed by atoms with Gasteiger partial charge in [0.05, 0.1) is 119 Å². The monoisotopic (exact) mass is 1730 g/mol. The molecular formula is C99H152O24. The molecule has 9 aliphatic carbocycles. The number of phenols is 2. The molecule has 0 saturated heterocycles. The number of methoxy groups -OCH3 is 6. The van der Waals surface area contributed by atoms with E-state index < -0.39 is 52.2 Å². The van der Waals surface area contributed by atoms with Gasteiger partial charge in [-0.2, -0.15) is 0 Å². The van der Waals surface area contributed by atoms with Crippen molar-refractivity contribution in [1.29, 1.82) is 0 Å². The molecule has 24 nitrogen and oxygen atoms in total. The second-order valence-corrected chi connectivity index (χ2v) is 34.9. The third kappa shape index (κ3) is 25.6. The number of hydrogen-bond acceptors (Lipinski definition) is 24. The summed E-state index contributed by atoms with van der Waals surface area (Å²) in [6.07, 6.45) is 14.5. The van der Waals surface area contributed by atoms with Crippen LogP contribution in [0, 0.1) is 51.2 Å². The zero-order valence-corrected chi connectivity index (χ0v) is 71.4. The van der Waals surface area contributed by atoms with Crippen LogP contribution in [0.1, 0.15) is 278 Å². The second kappa shape index (κ2) is 48.0. The molecule has 0 aliphatic heterocycles. The number of ether oxygens (including phenoxy) is 15. The smallest absolute Gasteiger partial charge is 0.317 e. The molecule has 0 radical (unpaired) electrons. The molecule has 692 valence electrons. The summed E-state index contributed by atoms with van der Waals surface area (Å²) in [7, 11) is 9.82. The predicted octanol–water partition coefficient (Wildman–Crippen LogP) is 20.1. The minimum atomic E-state index is -0.729. The largest absolute Gasteiger partial charge is 0.507 e. The summed E-state index contributed by atoms with van der Waals surface area (Å²) < 4.78 is 88.1. The fraction of sp³-hybridized carbons (Fsp3) is 0.646. The molecule has 0 aromatic heterocycles. The van der Waals surface area contributed by atoms with Gasteiger partial charge < -0.3 is 91.5 Å². The SMILES string of the molecule is C.C.C.C.C.C.CCC(C)(C)C(=O)OC12CC3CC(C1)CC(C(=O)OC(COCc1cc(CO)c(O)c(CO)c1O)c1ccccc1)(C3)C2.CCC(C)(C)C(=O)Oc1ccccc1OC1CCCCC1Oc1c(COC)cccc1COC.CCC(C)C(=O)OC12CC3CC(C1)CC(C(=O)OCCOCc1cc(COC)c(OC)c(COC)c1OC)(C3)C2. The van der Waals surface area contributed by atoms with Gasteiger partial charge in [-0.1, -0.05) is 133 Å². The van der Waals surface area contributed by atoms with E-state index in [1.807, 2.05) is 128 Å². The van der Waals surface area contributed by atoms with Crippen molar-refractivity contribution >= 4 is 29.8 Å². The van der Waals surface area contributed by atoms with E-state index in [0.29, 0.717) is 98.8 Å². The Hall–Kier alpha value is -8.07. The molecule has 0 heterocycles. The van der Waals surface area contributed by atoms with E-state index in [0.717, 1.165) is 135 Å². The summed E-state index contributed by atoms with van der Waals surface area (Å²) in [4.78, 5) is 66.1. The summed E-state index contributed by atoms with van der Waals surface area (Å²) in [5, 5.41) is 40.0. The minimum absolute atomic E-state index is 0. The van der Waals surface area contributed by atoms with E-state index in [1.165, 1.54) is 6.07 Å². The highest BCUT2D eigenvalue weighted by Crippen LogP contribution is 2.65. The second-order valence-electron chi connectivity index (χ2n) is 34.9. The Bertz CT molecular complexity index is 4100. The van der Waals surface area contributed by atoms with Crippen LogP contribution in [0.3, 0.4) is 0 Å². The van der Waals surface area contributed by atoms with Crippen molar-refractivity contribution < 1.29 is 115 Å². The highest BCUT2D eigenvalue weighted by molar-refractivity contribution is 5.81. The van der Waals surface area contributed by atoms with Gasteiger partial charge in [-0.3, -0.25) is 24.0 Å². The Morgan fingerprint density at radius 3 is 1.46 bits per heavy atom. The van der Waals surface area contributed by atoms with Gasteiger partial charge in [0, 0.05) is 74.7 Å². The molecule has 5 aromatic rings. The number of hydrogen-bond donors (Lipinski definition) is 4. The van der Waals surface area contributed by atoms with Gasteiger partial charge in [0.25, 0.3) is 0 Å². The standard InChI is InChI=1S/C34H44O9.C31H46O9.C28H38O6.6CH4/c1-4-32(2,3)30(39)43-34-14-21-10-22(15-34)13-33(12-21,20-34)31(40)42-27(23-8-6-5-7-9-23)19-41-18-25-11-24(16-35)28(37)26(17-36)29(25)38;1-7-20(2)28(32)40-31-14-21-10-22(15-31)13-30(12-21,19-31)29(33)39-9-8-38-17-24-11-23(16-34-3)26(36-5)25(18-35-4)27(24)37-6;1-6-28(2,3)27(29)34-25-17-10-8-15-23(25)32-22-14-7-9-16-24(22)33-26-20(18-30-4)12-11-13-21(26)19-31-5;;;;;;/h5-9,11,21-22,27,35-38H,4,10,12-20H2,1-3H3;11,20-22H,7-10,12-19H2,1-6H3;8,10-13,15,17,22,24H,6-7,9,14,16,18-19H2,1-5H3;6*1H4. The average Bonchev–Trinajstić information content (AvgIpc) is 0.718. The number of benzene rings is 5. The van der Waals surface area contributed by atoms with Crippen molar-refractivity contribution in [1.82, 2.24) is 0 Å². The van der Waals surface area contributed by atoms with Gasteiger partial charge in [0.15, 0.2) is 17.6 Å². The zero-order chi connectivity index (χ0) is 84.5. The molecule has 24 heteroatoms. The lowest BCUT2D eigenvalue weighted by Crippen LogP contribution is -2.60. The third-order valence-electron chi connectivity index (χ3n) is 25.4. The van der Waals surface area contributed by atoms with Crippen molar-refractivity contribution in [3.8, 4) is 40.2 Å². The highest BCUT2D eigenvalue weighted by atomic mass is 16.6. The number of aromatic hydroxyl groups is 2. The molecule has 14 rings (SSSR count). The lowest BCUT2D eigenvalue weighted by molar-refractivity contribution is -0.220. The first-order valence-corrected chi connectivity index (χ1v) is 41.9. The van der Waals surface area contributed by atoms with Crippen molar-refractivity contribution in [3.05, 3.63) is 135 Å². The fourth-order valence-electron chi connectivity index (χ4n) is 19.2. The number of carbonyl (C=O) groups is 5. The van der Waals surface area contributed by atoms with Crippen LogP contribution < -0.4 is 23.7 Å². The van der Waals surface area contributed by atoms with Crippen LogP contribution in [-0.2, 0) is 124 Å². The maximum atomic E-state index is 14.1. The maximum Gasteiger partial charge on any atom is 0.317 e.